The van der Waals surface area contributed by atoms with E-state index >= 15 is 0 Å². The van der Waals surface area contributed by atoms with Crippen LogP contribution in [0.3, 0.4) is 0 Å². The molecule has 3 atom stereocenters. The van der Waals surface area contributed by atoms with Gasteiger partial charge in [-0.15, -0.1) is 0 Å². The van der Waals surface area contributed by atoms with Gasteiger partial charge >= 0.3 is 5.97 Å². The number of nitrogens with zero attached hydrogens (tertiary/aromatic N) is 2. The van der Waals surface area contributed by atoms with Crippen molar-refractivity contribution in [2.45, 2.75) is 85.9 Å². The molecule has 7 heteroatoms. The molecule has 1 aliphatic rings. The number of carbonyl (C=O) groups is 3. The summed E-state index contributed by atoms with van der Waals surface area (Å²) in [6, 6.07) is -0.628. The van der Waals surface area contributed by atoms with Crippen LogP contribution in [0, 0.1) is 11.3 Å². The van der Waals surface area contributed by atoms with Gasteiger partial charge in [-0.05, 0) is 44.6 Å². The van der Waals surface area contributed by atoms with Crippen molar-refractivity contribution < 1.29 is 19.5 Å². The number of piperidine rings is 1. The van der Waals surface area contributed by atoms with Crippen LogP contribution in [0.15, 0.2) is 11.6 Å². The molecule has 3 unspecified atom stereocenters. The number of nitrogens with one attached hydrogen (secondary N) is 1. The van der Waals surface area contributed by atoms with Crippen LogP contribution in [-0.4, -0.2) is 71.0 Å². The van der Waals surface area contributed by atoms with Crippen molar-refractivity contribution in [3.8, 4) is 0 Å². The van der Waals surface area contributed by atoms with E-state index in [1.54, 1.807) is 7.05 Å². The van der Waals surface area contributed by atoms with Crippen LogP contribution in [0.2, 0.25) is 0 Å². The molecule has 0 aromatic heterocycles. The predicted molar refractivity (Wildman–Crippen MR) is 119 cm³/mol. The molecule has 0 spiro atoms. The second-order valence-electron chi connectivity index (χ2n) is 9.95. The highest BCUT2D eigenvalue weighted by Crippen LogP contribution is 2.25. The van der Waals surface area contributed by atoms with Gasteiger partial charge in [0.2, 0.25) is 11.8 Å². The van der Waals surface area contributed by atoms with Crippen LogP contribution >= 0.6 is 0 Å². The largest absolute Gasteiger partial charge is 0.478 e. The maximum Gasteiger partial charge on any atom is 0.331 e. The number of hydrogen-bond acceptors (Lipinski definition) is 4. The zero-order valence-electron chi connectivity index (χ0n) is 20.0. The van der Waals surface area contributed by atoms with Crippen LogP contribution in [0.4, 0.5) is 0 Å². The Morgan fingerprint density at radius 2 is 1.80 bits per heavy atom. The first-order valence-corrected chi connectivity index (χ1v) is 11.0. The van der Waals surface area contributed by atoms with Gasteiger partial charge in [0.25, 0.3) is 0 Å². The van der Waals surface area contributed by atoms with Gasteiger partial charge < -0.3 is 15.3 Å². The Morgan fingerprint density at radius 1 is 1.20 bits per heavy atom. The van der Waals surface area contributed by atoms with Crippen molar-refractivity contribution in [3.05, 3.63) is 11.6 Å². The molecule has 1 aliphatic heterocycles. The molecule has 1 rings (SSSR count). The summed E-state index contributed by atoms with van der Waals surface area (Å²) in [4.78, 5) is 41.1. The lowest BCUT2D eigenvalue weighted by molar-refractivity contribution is -0.140. The van der Waals surface area contributed by atoms with Gasteiger partial charge in [0, 0.05) is 25.2 Å². The molecule has 1 saturated heterocycles. The lowest BCUT2D eigenvalue weighted by Crippen LogP contribution is -2.60. The zero-order chi connectivity index (χ0) is 23.2. The summed E-state index contributed by atoms with van der Waals surface area (Å²) in [7, 11) is 1.63. The minimum absolute atomic E-state index is 0.0962. The molecule has 172 valence electrons. The number of amides is 2. The predicted octanol–water partition coefficient (Wildman–Crippen LogP) is 2.91. The van der Waals surface area contributed by atoms with Gasteiger partial charge in [0.1, 0.15) is 6.04 Å². The molecule has 0 aliphatic carbocycles. The summed E-state index contributed by atoms with van der Waals surface area (Å²) >= 11 is 0. The van der Waals surface area contributed by atoms with Crippen molar-refractivity contribution in [3.63, 3.8) is 0 Å². The van der Waals surface area contributed by atoms with Gasteiger partial charge in [0.05, 0.1) is 6.04 Å². The summed E-state index contributed by atoms with van der Waals surface area (Å²) < 4.78 is 0. The van der Waals surface area contributed by atoms with Gasteiger partial charge in [-0.3, -0.25) is 14.5 Å². The van der Waals surface area contributed by atoms with Crippen molar-refractivity contribution >= 4 is 17.8 Å². The molecule has 1 heterocycles. The normalized spacial score (nSPS) is 20.6. The monoisotopic (exact) mass is 423 g/mol. The highest BCUT2D eigenvalue weighted by molar-refractivity contribution is 5.90. The Hall–Kier alpha value is -1.89. The second kappa shape index (κ2) is 10.9. The number of likely N-dealkylation sites (tertiary alicyclic amines) is 1. The molecule has 2 N–H and O–H groups in total. The number of carbonyl (C=O) groups excluding carboxylic acids is 2. The van der Waals surface area contributed by atoms with Crippen molar-refractivity contribution in [2.24, 2.45) is 11.3 Å². The average molecular weight is 424 g/mol. The van der Waals surface area contributed by atoms with E-state index in [0.717, 1.165) is 25.8 Å². The Balaban J connectivity index is 2.98. The number of carboxylic acids is 1. The molecular weight excluding hydrogens is 382 g/mol. The number of rotatable bonds is 8. The van der Waals surface area contributed by atoms with E-state index < -0.39 is 17.4 Å². The number of carboxylic acid groups (broad SMARTS) is 1. The summed E-state index contributed by atoms with van der Waals surface area (Å²) in [5.74, 6) is -0.882. The SMILES string of the molecule is C/C(=C\CN(C)C(=O)C(NC(=O)C1CCCCN1C(C)C(C)C)C(C)(C)C)C(=O)O. The quantitative estimate of drug-likeness (QED) is 0.586. The molecule has 7 nitrogen and oxygen atoms in total. The summed E-state index contributed by atoms with van der Waals surface area (Å²) in [6.45, 7) is 14.8. The first-order valence-electron chi connectivity index (χ1n) is 11.0. The van der Waals surface area contributed by atoms with E-state index in [0.29, 0.717) is 5.92 Å². The molecule has 0 bridgehead atoms. The number of likely N-dealkylation sites (N-methyl/N-ethyl adjacent to an activating group) is 1. The van der Waals surface area contributed by atoms with Crippen LogP contribution in [0.1, 0.15) is 67.7 Å². The third-order valence-electron chi connectivity index (χ3n) is 6.12. The van der Waals surface area contributed by atoms with E-state index in [2.05, 4.69) is 31.0 Å². The van der Waals surface area contributed by atoms with E-state index in [1.807, 2.05) is 20.8 Å². The molecule has 2 amide bonds. The third-order valence-corrected chi connectivity index (χ3v) is 6.12. The Morgan fingerprint density at radius 3 is 2.30 bits per heavy atom. The number of aliphatic carboxylic acids is 1. The van der Waals surface area contributed by atoms with Crippen LogP contribution in [-0.2, 0) is 14.4 Å². The van der Waals surface area contributed by atoms with Crippen LogP contribution < -0.4 is 5.32 Å². The first-order chi connectivity index (χ1) is 13.8. The van der Waals surface area contributed by atoms with E-state index in [-0.39, 0.29) is 36.0 Å². The Labute approximate surface area is 181 Å². The zero-order valence-corrected chi connectivity index (χ0v) is 20.0. The molecule has 0 aromatic rings. The van der Waals surface area contributed by atoms with Gasteiger partial charge in [0.15, 0.2) is 0 Å². The van der Waals surface area contributed by atoms with Gasteiger partial charge in [-0.25, -0.2) is 4.79 Å². The maximum atomic E-state index is 13.3. The minimum Gasteiger partial charge on any atom is -0.478 e. The Kier molecular flexibility index (Phi) is 9.53. The van der Waals surface area contributed by atoms with Crippen molar-refractivity contribution in [1.82, 2.24) is 15.1 Å². The average Bonchev–Trinajstić information content (AvgIpc) is 2.67. The standard InChI is InChI=1S/C23H41N3O4/c1-15(2)17(4)26-13-10-9-11-18(26)20(27)24-19(23(5,6)7)21(28)25(8)14-12-16(3)22(29)30/h12,15,17-19H,9-11,13-14H2,1-8H3,(H,24,27)(H,29,30)/b16-12+. The molecule has 0 aromatic carbocycles. The summed E-state index contributed by atoms with van der Waals surface area (Å²) in [5.41, 5.74) is -0.290. The molecule has 1 fully saturated rings. The minimum atomic E-state index is -1.01. The van der Waals surface area contributed by atoms with Crippen molar-refractivity contribution in [1.29, 1.82) is 0 Å². The smallest absolute Gasteiger partial charge is 0.331 e. The first kappa shape index (κ1) is 26.1. The second-order valence-corrected chi connectivity index (χ2v) is 9.95. The lowest BCUT2D eigenvalue weighted by Gasteiger charge is -2.42. The molecule has 0 radical (unpaired) electrons. The van der Waals surface area contributed by atoms with E-state index in [4.69, 9.17) is 5.11 Å². The van der Waals surface area contributed by atoms with E-state index in [9.17, 15) is 14.4 Å². The maximum absolute atomic E-state index is 13.3. The topological polar surface area (TPSA) is 90.0 Å². The summed E-state index contributed by atoms with van der Waals surface area (Å²) in [5, 5.41) is 12.0. The highest BCUT2D eigenvalue weighted by atomic mass is 16.4. The Bertz CT molecular complexity index is 651. The fraction of sp³-hybridized carbons (Fsp3) is 0.783. The molecule has 30 heavy (non-hydrogen) atoms. The van der Waals surface area contributed by atoms with Crippen molar-refractivity contribution in [2.75, 3.05) is 20.1 Å². The highest BCUT2D eigenvalue weighted by Gasteiger charge is 2.39. The molecular formula is C23H41N3O4. The number of hydrogen-bond donors (Lipinski definition) is 2. The van der Waals surface area contributed by atoms with Gasteiger partial charge in [-0.1, -0.05) is 47.1 Å². The van der Waals surface area contributed by atoms with Crippen LogP contribution in [0.5, 0.6) is 0 Å². The third kappa shape index (κ3) is 7.11. The fourth-order valence-corrected chi connectivity index (χ4v) is 3.66. The van der Waals surface area contributed by atoms with Gasteiger partial charge in [-0.2, -0.15) is 0 Å². The van der Waals surface area contributed by atoms with E-state index in [1.165, 1.54) is 17.9 Å². The fourth-order valence-electron chi connectivity index (χ4n) is 3.66. The van der Waals surface area contributed by atoms with Crippen LogP contribution in [0.25, 0.3) is 0 Å². The summed E-state index contributed by atoms with van der Waals surface area (Å²) in [6.07, 6.45) is 4.40. The lowest BCUT2D eigenvalue weighted by atomic mass is 9.85. The molecule has 0 saturated carbocycles.